The highest BCUT2D eigenvalue weighted by molar-refractivity contribution is 7.89. The van der Waals surface area contributed by atoms with Gasteiger partial charge in [0.15, 0.2) is 0 Å². The minimum absolute atomic E-state index is 0.195. The first kappa shape index (κ1) is 14.4. The van der Waals surface area contributed by atoms with Gasteiger partial charge in [-0.05, 0) is 31.2 Å². The van der Waals surface area contributed by atoms with Gasteiger partial charge in [-0.25, -0.2) is 13.1 Å². The quantitative estimate of drug-likeness (QED) is 0.744. The van der Waals surface area contributed by atoms with Crippen LogP contribution in [-0.4, -0.2) is 28.1 Å². The van der Waals surface area contributed by atoms with Crippen LogP contribution in [0.15, 0.2) is 29.2 Å². The standard InChI is InChI=1S/C11H17ClN2O2S/c1-2-6-13-7-8-14-17(15,16)11-5-3-4-10(12)9-11/h3-5,9,13-14H,2,6-8H2,1H3. The second-order valence-electron chi connectivity index (χ2n) is 3.61. The van der Waals surface area contributed by atoms with Gasteiger partial charge in [-0.1, -0.05) is 24.6 Å². The van der Waals surface area contributed by atoms with E-state index in [0.29, 0.717) is 18.1 Å². The van der Waals surface area contributed by atoms with E-state index in [1.807, 2.05) is 0 Å². The lowest BCUT2D eigenvalue weighted by Crippen LogP contribution is -2.32. The summed E-state index contributed by atoms with van der Waals surface area (Å²) in [6, 6.07) is 6.21. The van der Waals surface area contributed by atoms with Gasteiger partial charge in [-0.15, -0.1) is 0 Å². The van der Waals surface area contributed by atoms with E-state index >= 15 is 0 Å². The van der Waals surface area contributed by atoms with Crippen molar-refractivity contribution in [3.63, 3.8) is 0 Å². The van der Waals surface area contributed by atoms with Crippen LogP contribution in [0.25, 0.3) is 0 Å². The molecule has 0 radical (unpaired) electrons. The fourth-order valence-corrected chi connectivity index (χ4v) is 2.63. The lowest BCUT2D eigenvalue weighted by Gasteiger charge is -2.07. The van der Waals surface area contributed by atoms with Crippen molar-refractivity contribution in [3.8, 4) is 0 Å². The molecule has 0 aromatic heterocycles. The summed E-state index contributed by atoms with van der Waals surface area (Å²) >= 11 is 5.75. The summed E-state index contributed by atoms with van der Waals surface area (Å²) in [6.07, 6.45) is 1.03. The van der Waals surface area contributed by atoms with Crippen LogP contribution in [0.3, 0.4) is 0 Å². The summed E-state index contributed by atoms with van der Waals surface area (Å²) in [5, 5.41) is 3.53. The molecule has 0 heterocycles. The Hall–Kier alpha value is -0.620. The molecule has 0 unspecified atom stereocenters. The third-order valence-corrected chi connectivity index (χ3v) is 3.82. The van der Waals surface area contributed by atoms with Gasteiger partial charge in [0, 0.05) is 18.1 Å². The maximum Gasteiger partial charge on any atom is 0.240 e. The minimum atomic E-state index is -3.44. The van der Waals surface area contributed by atoms with Crippen LogP contribution in [0, 0.1) is 0 Å². The molecule has 6 heteroatoms. The molecule has 1 rings (SSSR count). The van der Waals surface area contributed by atoms with E-state index in [1.165, 1.54) is 12.1 Å². The Balaban J connectivity index is 2.51. The van der Waals surface area contributed by atoms with Crippen LogP contribution >= 0.6 is 11.6 Å². The van der Waals surface area contributed by atoms with Gasteiger partial charge in [-0.2, -0.15) is 0 Å². The molecule has 0 aliphatic heterocycles. The van der Waals surface area contributed by atoms with E-state index in [1.54, 1.807) is 12.1 Å². The fourth-order valence-electron chi connectivity index (χ4n) is 1.29. The first-order valence-electron chi connectivity index (χ1n) is 5.52. The summed E-state index contributed by atoms with van der Waals surface area (Å²) < 4.78 is 26.2. The molecule has 17 heavy (non-hydrogen) atoms. The lowest BCUT2D eigenvalue weighted by atomic mass is 10.4. The number of hydrogen-bond acceptors (Lipinski definition) is 3. The number of halogens is 1. The predicted molar refractivity (Wildman–Crippen MR) is 69.8 cm³/mol. The van der Waals surface area contributed by atoms with Gasteiger partial charge in [0.25, 0.3) is 0 Å². The first-order valence-corrected chi connectivity index (χ1v) is 7.38. The maximum atomic E-state index is 11.8. The first-order chi connectivity index (χ1) is 8.06. The van der Waals surface area contributed by atoms with Crippen molar-refractivity contribution in [2.45, 2.75) is 18.2 Å². The third kappa shape index (κ3) is 5.04. The average Bonchev–Trinajstić information content (AvgIpc) is 2.29. The number of nitrogens with one attached hydrogen (secondary N) is 2. The van der Waals surface area contributed by atoms with Gasteiger partial charge >= 0.3 is 0 Å². The normalized spacial score (nSPS) is 11.6. The molecule has 4 nitrogen and oxygen atoms in total. The molecule has 0 spiro atoms. The summed E-state index contributed by atoms with van der Waals surface area (Å²) in [6.45, 7) is 3.94. The molecule has 96 valence electrons. The summed E-state index contributed by atoms with van der Waals surface area (Å²) in [5.74, 6) is 0. The zero-order chi connectivity index (χ0) is 12.7. The van der Waals surface area contributed by atoms with E-state index in [-0.39, 0.29) is 4.90 Å². The number of benzene rings is 1. The smallest absolute Gasteiger partial charge is 0.240 e. The molecule has 0 aliphatic rings. The Morgan fingerprint density at radius 1 is 1.24 bits per heavy atom. The molecule has 1 aromatic rings. The number of sulfonamides is 1. The van der Waals surface area contributed by atoms with Gasteiger partial charge in [0.2, 0.25) is 10.0 Å². The van der Waals surface area contributed by atoms with E-state index in [9.17, 15) is 8.42 Å². The predicted octanol–water partition coefficient (Wildman–Crippen LogP) is 1.62. The zero-order valence-electron chi connectivity index (χ0n) is 9.74. The van der Waals surface area contributed by atoms with Crippen molar-refractivity contribution in [1.29, 1.82) is 0 Å². The van der Waals surface area contributed by atoms with Gasteiger partial charge < -0.3 is 5.32 Å². The fraction of sp³-hybridized carbons (Fsp3) is 0.455. The van der Waals surface area contributed by atoms with Crippen LogP contribution in [0.1, 0.15) is 13.3 Å². The summed E-state index contributed by atoms with van der Waals surface area (Å²) in [7, 11) is -3.44. The summed E-state index contributed by atoms with van der Waals surface area (Å²) in [5.41, 5.74) is 0. The van der Waals surface area contributed by atoms with Gasteiger partial charge in [-0.3, -0.25) is 0 Å². The van der Waals surface area contributed by atoms with Crippen LogP contribution in [0.5, 0.6) is 0 Å². The van der Waals surface area contributed by atoms with Crippen molar-refractivity contribution in [3.05, 3.63) is 29.3 Å². The Labute approximate surface area is 107 Å². The number of hydrogen-bond donors (Lipinski definition) is 2. The van der Waals surface area contributed by atoms with Crippen LogP contribution in [0.4, 0.5) is 0 Å². The third-order valence-electron chi connectivity index (χ3n) is 2.13. The monoisotopic (exact) mass is 276 g/mol. The molecule has 0 saturated heterocycles. The topological polar surface area (TPSA) is 58.2 Å². The second kappa shape index (κ2) is 6.96. The molecule has 1 aromatic carbocycles. The van der Waals surface area contributed by atoms with E-state index < -0.39 is 10.0 Å². The Bertz CT molecular complexity index is 449. The lowest BCUT2D eigenvalue weighted by molar-refractivity contribution is 0.575. The highest BCUT2D eigenvalue weighted by atomic mass is 35.5. The van der Waals surface area contributed by atoms with Crippen molar-refractivity contribution >= 4 is 21.6 Å². The van der Waals surface area contributed by atoms with Crippen LogP contribution in [0.2, 0.25) is 5.02 Å². The molecular formula is C11H17ClN2O2S. The minimum Gasteiger partial charge on any atom is -0.315 e. The Kier molecular flexibility index (Phi) is 5.91. The SMILES string of the molecule is CCCNCCNS(=O)(=O)c1cccc(Cl)c1. The molecule has 0 saturated carbocycles. The molecule has 0 amide bonds. The highest BCUT2D eigenvalue weighted by Crippen LogP contribution is 2.14. The second-order valence-corrected chi connectivity index (χ2v) is 5.81. The number of rotatable bonds is 7. The summed E-state index contributed by atoms with van der Waals surface area (Å²) in [4.78, 5) is 0.195. The van der Waals surface area contributed by atoms with E-state index in [2.05, 4.69) is 17.0 Å². The van der Waals surface area contributed by atoms with E-state index in [0.717, 1.165) is 13.0 Å². The van der Waals surface area contributed by atoms with Gasteiger partial charge in [0.1, 0.15) is 0 Å². The van der Waals surface area contributed by atoms with Crippen LogP contribution in [-0.2, 0) is 10.0 Å². The largest absolute Gasteiger partial charge is 0.315 e. The molecular weight excluding hydrogens is 260 g/mol. The van der Waals surface area contributed by atoms with Crippen molar-refractivity contribution in [2.24, 2.45) is 0 Å². The van der Waals surface area contributed by atoms with Crippen molar-refractivity contribution in [2.75, 3.05) is 19.6 Å². The molecule has 2 N–H and O–H groups in total. The maximum absolute atomic E-state index is 11.8. The highest BCUT2D eigenvalue weighted by Gasteiger charge is 2.12. The Morgan fingerprint density at radius 3 is 2.65 bits per heavy atom. The van der Waals surface area contributed by atoms with Crippen molar-refractivity contribution in [1.82, 2.24) is 10.0 Å². The Morgan fingerprint density at radius 2 is 2.00 bits per heavy atom. The molecule has 0 aliphatic carbocycles. The molecule has 0 atom stereocenters. The zero-order valence-corrected chi connectivity index (χ0v) is 11.3. The molecule has 0 bridgehead atoms. The van der Waals surface area contributed by atoms with E-state index in [4.69, 9.17) is 11.6 Å². The van der Waals surface area contributed by atoms with Crippen LogP contribution < -0.4 is 10.0 Å². The molecule has 0 fully saturated rings. The van der Waals surface area contributed by atoms with Gasteiger partial charge in [0.05, 0.1) is 4.90 Å². The average molecular weight is 277 g/mol. The van der Waals surface area contributed by atoms with Crippen molar-refractivity contribution < 1.29 is 8.42 Å².